The standard InChI is InChI=1S/C15H13ClF3N3O/c1-2-7-22(12-5-3-11(16)4-6-12)13(23)10-8-20-14(21-9-10)15(17,18)19/h3-6,8-9H,2,7H2,1H3. The smallest absolute Gasteiger partial charge is 0.308 e. The molecule has 0 atom stereocenters. The highest BCUT2D eigenvalue weighted by Gasteiger charge is 2.34. The third-order valence-electron chi connectivity index (χ3n) is 2.98. The molecule has 0 saturated carbocycles. The molecule has 122 valence electrons. The van der Waals surface area contributed by atoms with Crippen LogP contribution in [-0.4, -0.2) is 22.4 Å². The Labute approximate surface area is 135 Å². The Morgan fingerprint density at radius 1 is 1.17 bits per heavy atom. The van der Waals surface area contributed by atoms with Gasteiger partial charge in [-0.3, -0.25) is 4.79 Å². The van der Waals surface area contributed by atoms with E-state index >= 15 is 0 Å². The van der Waals surface area contributed by atoms with Gasteiger partial charge in [0.25, 0.3) is 5.91 Å². The van der Waals surface area contributed by atoms with Crippen LogP contribution in [0, 0.1) is 0 Å². The highest BCUT2D eigenvalue weighted by Crippen LogP contribution is 2.26. The highest BCUT2D eigenvalue weighted by molar-refractivity contribution is 6.30. The molecule has 2 aromatic rings. The van der Waals surface area contributed by atoms with Crippen LogP contribution in [0.1, 0.15) is 29.5 Å². The van der Waals surface area contributed by atoms with E-state index in [-0.39, 0.29) is 5.56 Å². The van der Waals surface area contributed by atoms with Crippen LogP contribution in [0.4, 0.5) is 18.9 Å². The average molecular weight is 344 g/mol. The van der Waals surface area contributed by atoms with Crippen molar-refractivity contribution < 1.29 is 18.0 Å². The molecule has 0 aliphatic rings. The Kier molecular flexibility index (Phi) is 5.20. The summed E-state index contributed by atoms with van der Waals surface area (Å²) in [5, 5.41) is 0.524. The number of halogens is 4. The largest absolute Gasteiger partial charge is 0.451 e. The number of anilines is 1. The van der Waals surface area contributed by atoms with Crippen molar-refractivity contribution >= 4 is 23.2 Å². The number of nitrogens with zero attached hydrogens (tertiary/aromatic N) is 3. The Balaban J connectivity index is 2.29. The molecule has 2 rings (SSSR count). The number of hydrogen-bond donors (Lipinski definition) is 0. The first-order valence-electron chi connectivity index (χ1n) is 6.79. The second-order valence-corrected chi connectivity index (χ2v) is 5.16. The number of rotatable bonds is 4. The number of carbonyl (C=O) groups is 1. The van der Waals surface area contributed by atoms with E-state index in [1.807, 2.05) is 6.92 Å². The maximum Gasteiger partial charge on any atom is 0.451 e. The van der Waals surface area contributed by atoms with Gasteiger partial charge >= 0.3 is 6.18 Å². The van der Waals surface area contributed by atoms with Gasteiger partial charge in [-0.15, -0.1) is 0 Å². The minimum Gasteiger partial charge on any atom is -0.308 e. The van der Waals surface area contributed by atoms with E-state index in [1.165, 1.54) is 4.90 Å². The lowest BCUT2D eigenvalue weighted by molar-refractivity contribution is -0.145. The number of hydrogen-bond acceptors (Lipinski definition) is 3. The first-order chi connectivity index (χ1) is 10.8. The van der Waals surface area contributed by atoms with Crippen LogP contribution < -0.4 is 4.90 Å². The van der Waals surface area contributed by atoms with E-state index in [2.05, 4.69) is 9.97 Å². The zero-order chi connectivity index (χ0) is 17.0. The molecule has 1 amide bonds. The number of amides is 1. The molecule has 8 heteroatoms. The van der Waals surface area contributed by atoms with Gasteiger partial charge in [0, 0.05) is 29.6 Å². The summed E-state index contributed by atoms with van der Waals surface area (Å²) < 4.78 is 37.4. The first kappa shape index (κ1) is 17.2. The van der Waals surface area contributed by atoms with Crippen molar-refractivity contribution in [3.63, 3.8) is 0 Å². The molecular weight excluding hydrogens is 331 g/mol. The lowest BCUT2D eigenvalue weighted by atomic mass is 10.2. The number of aromatic nitrogens is 2. The van der Waals surface area contributed by atoms with Crippen LogP contribution in [0.3, 0.4) is 0 Å². The summed E-state index contributed by atoms with van der Waals surface area (Å²) in [6.45, 7) is 2.29. The first-order valence-corrected chi connectivity index (χ1v) is 7.17. The minimum atomic E-state index is -4.64. The zero-order valence-electron chi connectivity index (χ0n) is 12.1. The van der Waals surface area contributed by atoms with Gasteiger partial charge in [-0.05, 0) is 30.7 Å². The third-order valence-corrected chi connectivity index (χ3v) is 3.23. The molecule has 23 heavy (non-hydrogen) atoms. The van der Waals surface area contributed by atoms with E-state index in [9.17, 15) is 18.0 Å². The van der Waals surface area contributed by atoms with Crippen LogP contribution >= 0.6 is 11.6 Å². The maximum atomic E-state index is 12.5. The second-order valence-electron chi connectivity index (χ2n) is 4.73. The molecule has 0 N–H and O–H groups in total. The summed E-state index contributed by atoms with van der Waals surface area (Å²) in [6, 6.07) is 6.60. The van der Waals surface area contributed by atoms with Crippen LogP contribution in [0.5, 0.6) is 0 Å². The SMILES string of the molecule is CCCN(C(=O)c1cnc(C(F)(F)F)nc1)c1ccc(Cl)cc1. The van der Waals surface area contributed by atoms with Gasteiger partial charge in [0.1, 0.15) is 0 Å². The summed E-state index contributed by atoms with van der Waals surface area (Å²) in [7, 11) is 0. The molecule has 0 fully saturated rings. The molecule has 1 heterocycles. The predicted octanol–water partition coefficient (Wildman–Crippen LogP) is 4.21. The van der Waals surface area contributed by atoms with Gasteiger partial charge in [-0.25, -0.2) is 9.97 Å². The molecular formula is C15H13ClF3N3O. The number of alkyl halides is 3. The van der Waals surface area contributed by atoms with Gasteiger partial charge < -0.3 is 4.90 Å². The van der Waals surface area contributed by atoms with Crippen molar-refractivity contribution in [2.45, 2.75) is 19.5 Å². The quantitative estimate of drug-likeness (QED) is 0.835. The summed E-state index contributed by atoms with van der Waals surface area (Å²) in [5.74, 6) is -1.74. The van der Waals surface area contributed by atoms with E-state index in [4.69, 9.17) is 11.6 Å². The Hall–Kier alpha value is -2.15. The fourth-order valence-electron chi connectivity index (χ4n) is 1.93. The second kappa shape index (κ2) is 6.95. The van der Waals surface area contributed by atoms with E-state index in [1.54, 1.807) is 24.3 Å². The summed E-state index contributed by atoms with van der Waals surface area (Å²) in [6.07, 6.45) is -2.19. The highest BCUT2D eigenvalue weighted by atomic mass is 35.5. The summed E-state index contributed by atoms with van der Waals surface area (Å²) in [5.41, 5.74) is 0.586. The van der Waals surface area contributed by atoms with Gasteiger partial charge in [-0.1, -0.05) is 18.5 Å². The van der Waals surface area contributed by atoms with Crippen molar-refractivity contribution in [1.82, 2.24) is 9.97 Å². The van der Waals surface area contributed by atoms with Gasteiger partial charge in [0.05, 0.1) is 5.56 Å². The van der Waals surface area contributed by atoms with Crippen LogP contribution in [0.2, 0.25) is 5.02 Å². The fraction of sp³-hybridized carbons (Fsp3) is 0.267. The molecule has 0 bridgehead atoms. The van der Waals surface area contributed by atoms with Crippen molar-refractivity contribution in [3.05, 3.63) is 53.1 Å². The predicted molar refractivity (Wildman–Crippen MR) is 80.5 cm³/mol. The van der Waals surface area contributed by atoms with Crippen molar-refractivity contribution in [1.29, 1.82) is 0 Å². The van der Waals surface area contributed by atoms with Crippen molar-refractivity contribution in [2.75, 3.05) is 11.4 Å². The Morgan fingerprint density at radius 2 is 1.74 bits per heavy atom. The summed E-state index contributed by atoms with van der Waals surface area (Å²) in [4.78, 5) is 20.4. The lowest BCUT2D eigenvalue weighted by Gasteiger charge is -2.22. The molecule has 0 unspecified atom stereocenters. The van der Waals surface area contributed by atoms with Gasteiger partial charge in [0.2, 0.25) is 5.82 Å². The third kappa shape index (κ3) is 4.19. The normalized spacial score (nSPS) is 11.3. The average Bonchev–Trinajstić information content (AvgIpc) is 2.52. The van der Waals surface area contributed by atoms with Crippen LogP contribution in [-0.2, 0) is 6.18 Å². The van der Waals surface area contributed by atoms with Gasteiger partial charge in [-0.2, -0.15) is 13.2 Å². The van der Waals surface area contributed by atoms with Crippen molar-refractivity contribution in [3.8, 4) is 0 Å². The molecule has 1 aromatic heterocycles. The topological polar surface area (TPSA) is 46.1 Å². The molecule has 1 aromatic carbocycles. The Morgan fingerprint density at radius 3 is 2.22 bits per heavy atom. The molecule has 0 spiro atoms. The number of benzene rings is 1. The Bertz CT molecular complexity index is 672. The maximum absolute atomic E-state index is 12.5. The lowest BCUT2D eigenvalue weighted by Crippen LogP contribution is -2.32. The van der Waals surface area contributed by atoms with Crippen LogP contribution in [0.25, 0.3) is 0 Å². The minimum absolute atomic E-state index is 0.0126. The fourth-order valence-corrected chi connectivity index (χ4v) is 2.06. The van der Waals surface area contributed by atoms with Crippen LogP contribution in [0.15, 0.2) is 36.7 Å². The molecule has 0 saturated heterocycles. The van der Waals surface area contributed by atoms with E-state index in [0.717, 1.165) is 12.4 Å². The van der Waals surface area contributed by atoms with E-state index in [0.29, 0.717) is 23.7 Å². The molecule has 4 nitrogen and oxygen atoms in total. The zero-order valence-corrected chi connectivity index (χ0v) is 12.9. The van der Waals surface area contributed by atoms with Crippen molar-refractivity contribution in [2.24, 2.45) is 0 Å². The number of carbonyl (C=O) groups excluding carboxylic acids is 1. The molecule has 0 aliphatic heterocycles. The van der Waals surface area contributed by atoms with Gasteiger partial charge in [0.15, 0.2) is 0 Å². The summed E-state index contributed by atoms with van der Waals surface area (Å²) >= 11 is 5.82. The monoisotopic (exact) mass is 343 g/mol. The van der Waals surface area contributed by atoms with E-state index < -0.39 is 17.9 Å². The molecule has 0 radical (unpaired) electrons. The molecule has 0 aliphatic carbocycles.